The number of pyridine rings is 3. The number of hydrogen-bond donors (Lipinski definition) is 0. The molecule has 0 saturated heterocycles. The first-order valence-corrected chi connectivity index (χ1v) is 51.9. The smallest absolute Gasteiger partial charge is 0.234 e. The van der Waals surface area contributed by atoms with Crippen molar-refractivity contribution in [3.05, 3.63) is 474 Å². The summed E-state index contributed by atoms with van der Waals surface area (Å²) in [4.78, 5) is 46.2. The van der Waals surface area contributed by atoms with Crippen LogP contribution in [0.4, 0.5) is 0 Å². The largest absolute Gasteiger partial charge is 0.438 e. The van der Waals surface area contributed by atoms with Gasteiger partial charge < -0.3 is 8.83 Å². The van der Waals surface area contributed by atoms with Gasteiger partial charge in [0, 0.05) is 123 Å². The number of nitrogens with zero attached hydrogens (tertiary/aromatic N) is 12. The molecule has 0 aliphatic heterocycles. The summed E-state index contributed by atoms with van der Waals surface area (Å²) in [6.45, 7) is 0. The number of aromatic nitrogens is 12. The molecule has 0 fully saturated rings. The summed E-state index contributed by atoms with van der Waals surface area (Å²) in [6, 6.07) is 152. The van der Waals surface area contributed by atoms with E-state index in [1.54, 1.807) is 23.7 Å². The Morgan fingerprint density at radius 2 is 0.489 bits per heavy atom. The molecule has 0 saturated carbocycles. The van der Waals surface area contributed by atoms with Crippen LogP contribution in [0.15, 0.2) is 483 Å². The van der Waals surface area contributed by atoms with Gasteiger partial charge in [0.25, 0.3) is 0 Å². The van der Waals surface area contributed by atoms with Crippen molar-refractivity contribution in [1.82, 2.24) is 58.6 Å². The highest BCUT2D eigenvalue weighted by molar-refractivity contribution is 7.30. The fraction of sp³-hybridized carbons (Fsp3) is 0. The highest BCUT2D eigenvalue weighted by atomic mass is 32.1. The molecule has 15 aromatic carbocycles. The molecule has 0 N–H and O–H groups in total. The van der Waals surface area contributed by atoms with Gasteiger partial charge in [0.1, 0.15) is 16.0 Å². The average molecular weight is 1800 g/mol. The molecule has 0 spiro atoms. The Balaban J connectivity index is 0.000000108. The minimum atomic E-state index is -3.09. The standard InChI is InChI=1S/2C39H26N4OSi.C39H26N4SSi/c1-3-13-27(14-4-1)45(28-15-5-2-6-16-28,35-23-11-19-31-32-20-12-25-40-38(32)44-37(31)35)36-24-26-41-39(42-36)43-33-21-9-7-17-29(33)30-18-8-10-22-34(30)43;1-3-13-27(14-4-1)45(28-15-5-2-6-16-28,36-23-11-19-32-33-20-12-24-40-38(33)44-37(32)36)29-25-41-39(42-26-29)43-34-21-9-7-17-30(34)31-18-8-10-22-35(31)43;1-3-13-27(14-4-1)45(28-15-5-2-6-16-28,35-23-11-19-31-32-20-12-25-40-38(32)44-37(31)35)36-24-26-41-39(42-36)43-33-21-9-7-17-29(33)30-18-8-10-22-34(30)43/h3*1-26H. The zero-order chi connectivity index (χ0) is 89.4. The second-order valence-corrected chi connectivity index (χ2v) is 45.9. The topological polar surface area (TPSA) is 157 Å². The third kappa shape index (κ3) is 12.9. The molecular formula is C117H78N12O2SSi3. The maximum atomic E-state index is 6.65. The maximum Gasteiger partial charge on any atom is 0.234 e. The van der Waals surface area contributed by atoms with E-state index in [9.17, 15) is 0 Å². The summed E-state index contributed by atoms with van der Waals surface area (Å²) in [5.41, 5.74) is 9.50. The third-order valence-corrected chi connectivity index (χ3v) is 42.1. The van der Waals surface area contributed by atoms with Crippen LogP contribution < -0.4 is 62.5 Å². The second kappa shape index (κ2) is 33.4. The van der Waals surface area contributed by atoms with Gasteiger partial charge in [0.2, 0.25) is 45.4 Å². The predicted molar refractivity (Wildman–Crippen MR) is 561 cm³/mol. The van der Waals surface area contributed by atoms with Gasteiger partial charge >= 0.3 is 0 Å². The lowest BCUT2D eigenvalue weighted by Crippen LogP contribution is -2.75. The lowest BCUT2D eigenvalue weighted by atomic mass is 10.2. The zero-order valence-corrected chi connectivity index (χ0v) is 76.4. The summed E-state index contributed by atoms with van der Waals surface area (Å²) in [5, 5.41) is 27.8. The minimum absolute atomic E-state index is 0.637. The van der Waals surface area contributed by atoms with E-state index in [4.69, 9.17) is 43.7 Å². The van der Waals surface area contributed by atoms with E-state index in [1.165, 1.54) is 84.1 Å². The minimum Gasteiger partial charge on any atom is -0.438 e. The van der Waals surface area contributed by atoms with Crippen molar-refractivity contribution in [3.8, 4) is 17.8 Å². The summed E-state index contributed by atoms with van der Waals surface area (Å²) in [5.74, 6) is 1.97. The Labute approximate surface area is 781 Å². The fourth-order valence-electron chi connectivity index (χ4n) is 21.1. The van der Waals surface area contributed by atoms with E-state index < -0.39 is 24.2 Å². The summed E-state index contributed by atoms with van der Waals surface area (Å²) in [6.07, 6.45) is 13.4. The van der Waals surface area contributed by atoms with Crippen molar-refractivity contribution in [3.63, 3.8) is 0 Å². The molecule has 0 unspecified atom stereocenters. The Morgan fingerprint density at radius 3 is 0.867 bits per heavy atom. The van der Waals surface area contributed by atoms with Gasteiger partial charge in [-0.25, -0.2) is 44.9 Å². The Bertz CT molecular complexity index is 8550. The van der Waals surface area contributed by atoms with E-state index >= 15 is 0 Å². The van der Waals surface area contributed by atoms with Crippen LogP contribution in [0.5, 0.6) is 0 Å². The lowest BCUT2D eigenvalue weighted by Gasteiger charge is -2.33. The molecule has 135 heavy (non-hydrogen) atoms. The van der Waals surface area contributed by atoms with Crippen LogP contribution in [0.1, 0.15) is 0 Å². The molecule has 12 heterocycles. The number of hydrogen-bond acceptors (Lipinski definition) is 12. The molecule has 636 valence electrons. The first-order chi connectivity index (χ1) is 67.0. The summed E-state index contributed by atoms with van der Waals surface area (Å²) < 4.78 is 21.1. The van der Waals surface area contributed by atoms with E-state index in [1.807, 2.05) is 49.2 Å². The molecule has 0 aliphatic carbocycles. The fourth-order valence-corrected chi connectivity index (χ4v) is 36.8. The normalized spacial score (nSPS) is 12.0. The maximum absolute atomic E-state index is 6.65. The first kappa shape index (κ1) is 80.0. The van der Waals surface area contributed by atoms with Crippen molar-refractivity contribution in [1.29, 1.82) is 0 Å². The zero-order valence-electron chi connectivity index (χ0n) is 72.6. The van der Waals surface area contributed by atoms with Crippen LogP contribution in [0.25, 0.3) is 148 Å². The van der Waals surface area contributed by atoms with Crippen molar-refractivity contribution in [2.75, 3.05) is 0 Å². The molecule has 14 nitrogen and oxygen atoms in total. The Hall–Kier alpha value is -17.1. The molecule has 12 aromatic heterocycles. The molecule has 27 rings (SSSR count). The highest BCUT2D eigenvalue weighted by Crippen LogP contribution is 2.38. The third-order valence-electron chi connectivity index (χ3n) is 26.7. The van der Waals surface area contributed by atoms with Gasteiger partial charge in [-0.3, -0.25) is 13.7 Å². The quantitative estimate of drug-likeness (QED) is 0.0711. The second-order valence-electron chi connectivity index (χ2n) is 33.7. The number of thiophene rings is 1. The molecule has 0 bridgehead atoms. The molecule has 18 heteroatoms. The number of benzene rings is 15. The lowest BCUT2D eigenvalue weighted by molar-refractivity contribution is 0.656. The van der Waals surface area contributed by atoms with Crippen molar-refractivity contribution in [2.45, 2.75) is 0 Å². The number of rotatable bonds is 15. The highest BCUT2D eigenvalue weighted by Gasteiger charge is 2.49. The van der Waals surface area contributed by atoms with Crippen LogP contribution in [-0.2, 0) is 0 Å². The number of furan rings is 2. The van der Waals surface area contributed by atoms with Crippen LogP contribution in [-0.4, -0.2) is 82.8 Å². The summed E-state index contributed by atoms with van der Waals surface area (Å²) in [7, 11) is -9.08. The number of fused-ring (bicyclic) bond motifs is 18. The summed E-state index contributed by atoms with van der Waals surface area (Å²) >= 11 is 1.78. The van der Waals surface area contributed by atoms with Gasteiger partial charge in [-0.05, 0) is 137 Å². The Kier molecular flexibility index (Phi) is 19.8. The van der Waals surface area contributed by atoms with E-state index in [0.29, 0.717) is 29.3 Å². The Morgan fingerprint density at radius 1 is 0.200 bits per heavy atom. The van der Waals surface area contributed by atoms with Gasteiger partial charge in [0.05, 0.1) is 33.1 Å². The number of para-hydroxylation sites is 8. The van der Waals surface area contributed by atoms with Gasteiger partial charge in [0.15, 0.2) is 8.07 Å². The van der Waals surface area contributed by atoms with Crippen LogP contribution >= 0.6 is 11.3 Å². The van der Waals surface area contributed by atoms with Crippen molar-refractivity contribution >= 4 is 228 Å². The van der Waals surface area contributed by atoms with Crippen LogP contribution in [0.3, 0.4) is 0 Å². The van der Waals surface area contributed by atoms with E-state index in [2.05, 4.69) is 436 Å². The molecular weight excluding hydrogens is 1720 g/mol. The van der Waals surface area contributed by atoms with Gasteiger partial charge in [-0.15, -0.1) is 11.3 Å². The van der Waals surface area contributed by atoms with E-state index in [0.717, 1.165) is 96.8 Å². The molecule has 0 amide bonds. The van der Waals surface area contributed by atoms with E-state index in [-0.39, 0.29) is 0 Å². The SMILES string of the molecule is c1ccc([Si](c2ccccc2)(c2ccnc(-n3c4ccccc4c4ccccc43)n2)c2cccc3c2oc2ncccc23)cc1.c1ccc([Si](c2ccccc2)(c2ccnc(-n3c4ccccc4c4ccccc43)n2)c2cccc3c2sc2ncccc23)cc1.c1ccc([Si](c2ccccc2)(c2cnc(-n3c4ccccc4c4ccccc43)nc2)c2cccc3c2oc2ncccc23)cc1. The predicted octanol–water partition coefficient (Wildman–Crippen LogP) is 19.2. The van der Waals surface area contributed by atoms with Gasteiger partial charge in [-0.2, -0.15) is 0 Å². The average Bonchev–Trinajstić information content (AvgIpc) is 1.56. The van der Waals surface area contributed by atoms with Crippen LogP contribution in [0, 0.1) is 0 Å². The molecule has 0 aliphatic rings. The van der Waals surface area contributed by atoms with Crippen molar-refractivity contribution < 1.29 is 8.83 Å². The monoisotopic (exact) mass is 1800 g/mol. The molecule has 27 aromatic rings. The van der Waals surface area contributed by atoms with Crippen molar-refractivity contribution in [2.24, 2.45) is 0 Å². The molecule has 0 radical (unpaired) electrons. The van der Waals surface area contributed by atoms with Gasteiger partial charge in [-0.1, -0.05) is 346 Å². The van der Waals surface area contributed by atoms with Crippen LogP contribution in [0.2, 0.25) is 0 Å². The molecule has 0 atom stereocenters. The first-order valence-electron chi connectivity index (χ1n) is 45.1.